The lowest BCUT2D eigenvalue weighted by molar-refractivity contribution is -0.0126. The highest BCUT2D eigenvalue weighted by molar-refractivity contribution is 5.96. The smallest absolute Gasteiger partial charge is 0.278 e. The Morgan fingerprint density at radius 1 is 1.41 bits per heavy atom. The van der Waals surface area contributed by atoms with Crippen LogP contribution in [0.2, 0.25) is 0 Å². The Morgan fingerprint density at radius 3 is 2.82 bits per heavy atom. The molecule has 0 saturated heterocycles. The van der Waals surface area contributed by atoms with Crippen LogP contribution in [0.5, 0.6) is 5.75 Å². The average Bonchev–Trinajstić information content (AvgIpc) is 2.82. The van der Waals surface area contributed by atoms with Gasteiger partial charge in [-0.3, -0.25) is 9.63 Å². The van der Waals surface area contributed by atoms with Crippen LogP contribution < -0.4 is 5.48 Å². The molecule has 2 N–H and O–H groups in total. The molecule has 4 heteroatoms. The van der Waals surface area contributed by atoms with Crippen LogP contribution in [0.15, 0.2) is 18.2 Å². The number of aromatic hydroxyl groups is 1. The van der Waals surface area contributed by atoms with Gasteiger partial charge in [0.2, 0.25) is 0 Å². The van der Waals surface area contributed by atoms with E-state index in [1.54, 1.807) is 25.1 Å². The quantitative estimate of drug-likeness (QED) is 0.790. The van der Waals surface area contributed by atoms with Gasteiger partial charge in [-0.25, -0.2) is 5.48 Å². The van der Waals surface area contributed by atoms with E-state index < -0.39 is 5.91 Å². The van der Waals surface area contributed by atoms with Crippen LogP contribution in [0.1, 0.15) is 41.6 Å². The second-order valence-corrected chi connectivity index (χ2v) is 4.43. The zero-order valence-electron chi connectivity index (χ0n) is 9.90. The maximum atomic E-state index is 11.8. The number of para-hydroxylation sites is 1. The van der Waals surface area contributed by atoms with Crippen molar-refractivity contribution in [2.75, 3.05) is 0 Å². The Labute approximate surface area is 101 Å². The van der Waals surface area contributed by atoms with Gasteiger partial charge in [0.15, 0.2) is 0 Å². The summed E-state index contributed by atoms with van der Waals surface area (Å²) in [6, 6.07) is 5.07. The summed E-state index contributed by atoms with van der Waals surface area (Å²) in [7, 11) is 0. The van der Waals surface area contributed by atoms with Gasteiger partial charge in [-0.05, 0) is 31.4 Å². The van der Waals surface area contributed by atoms with Gasteiger partial charge in [0, 0.05) is 0 Å². The zero-order chi connectivity index (χ0) is 12.3. The molecule has 1 aromatic carbocycles. The van der Waals surface area contributed by atoms with Crippen LogP contribution in [0.4, 0.5) is 0 Å². The van der Waals surface area contributed by atoms with Gasteiger partial charge in [-0.2, -0.15) is 0 Å². The minimum Gasteiger partial charge on any atom is -0.507 e. The van der Waals surface area contributed by atoms with Crippen LogP contribution in [0.25, 0.3) is 0 Å². The summed E-state index contributed by atoms with van der Waals surface area (Å²) in [5.74, 6) is -0.377. The molecule has 1 amide bonds. The zero-order valence-corrected chi connectivity index (χ0v) is 9.90. The van der Waals surface area contributed by atoms with Gasteiger partial charge in [-0.1, -0.05) is 25.0 Å². The van der Waals surface area contributed by atoms with Crippen molar-refractivity contribution >= 4 is 5.91 Å². The molecular weight excluding hydrogens is 218 g/mol. The first-order chi connectivity index (χ1) is 8.18. The summed E-state index contributed by atoms with van der Waals surface area (Å²) < 4.78 is 0. The predicted octanol–water partition coefficient (Wildman–Crippen LogP) is 2.30. The number of aryl methyl sites for hydroxylation is 1. The summed E-state index contributed by atoms with van der Waals surface area (Å²) in [5.41, 5.74) is 3.34. The highest BCUT2D eigenvalue weighted by atomic mass is 16.7. The Morgan fingerprint density at radius 2 is 2.12 bits per heavy atom. The fourth-order valence-corrected chi connectivity index (χ4v) is 2.04. The molecule has 1 fully saturated rings. The van der Waals surface area contributed by atoms with Crippen molar-refractivity contribution in [2.45, 2.75) is 38.7 Å². The number of phenols is 1. The highest BCUT2D eigenvalue weighted by Crippen LogP contribution is 2.22. The van der Waals surface area contributed by atoms with E-state index in [2.05, 4.69) is 5.48 Å². The molecule has 1 saturated carbocycles. The van der Waals surface area contributed by atoms with E-state index in [1.807, 2.05) is 0 Å². The van der Waals surface area contributed by atoms with Gasteiger partial charge in [0.25, 0.3) is 5.91 Å². The first kappa shape index (κ1) is 11.9. The summed E-state index contributed by atoms with van der Waals surface area (Å²) in [6.45, 7) is 1.75. The Kier molecular flexibility index (Phi) is 3.64. The summed E-state index contributed by atoms with van der Waals surface area (Å²) in [5, 5.41) is 9.74. The molecule has 0 atom stereocenters. The summed E-state index contributed by atoms with van der Waals surface area (Å²) in [4.78, 5) is 17.1. The number of hydrogen-bond acceptors (Lipinski definition) is 3. The lowest BCUT2D eigenvalue weighted by Crippen LogP contribution is -2.28. The number of phenolic OH excluding ortho intramolecular Hbond substituents is 1. The maximum absolute atomic E-state index is 11.8. The average molecular weight is 235 g/mol. The van der Waals surface area contributed by atoms with E-state index in [9.17, 15) is 9.90 Å². The number of hydroxylamine groups is 1. The van der Waals surface area contributed by atoms with Crippen molar-refractivity contribution in [2.24, 2.45) is 0 Å². The van der Waals surface area contributed by atoms with Crippen LogP contribution in [0.3, 0.4) is 0 Å². The van der Waals surface area contributed by atoms with Gasteiger partial charge in [0.1, 0.15) is 5.75 Å². The number of nitrogens with one attached hydrogen (secondary N) is 1. The summed E-state index contributed by atoms with van der Waals surface area (Å²) in [6.07, 6.45) is 4.39. The van der Waals surface area contributed by atoms with Crippen LogP contribution in [-0.4, -0.2) is 17.1 Å². The van der Waals surface area contributed by atoms with Crippen molar-refractivity contribution in [1.29, 1.82) is 0 Å². The molecule has 1 aromatic rings. The van der Waals surface area contributed by atoms with E-state index in [0.717, 1.165) is 25.7 Å². The fraction of sp³-hybridized carbons (Fsp3) is 0.462. The fourth-order valence-electron chi connectivity index (χ4n) is 2.04. The van der Waals surface area contributed by atoms with Crippen LogP contribution in [-0.2, 0) is 4.84 Å². The van der Waals surface area contributed by atoms with Gasteiger partial charge in [0.05, 0.1) is 11.7 Å². The molecule has 17 heavy (non-hydrogen) atoms. The van der Waals surface area contributed by atoms with Gasteiger partial charge < -0.3 is 5.11 Å². The van der Waals surface area contributed by atoms with Gasteiger partial charge >= 0.3 is 0 Å². The molecule has 4 nitrogen and oxygen atoms in total. The second kappa shape index (κ2) is 5.19. The monoisotopic (exact) mass is 235 g/mol. The number of hydrogen-bond donors (Lipinski definition) is 2. The van der Waals surface area contributed by atoms with Crippen molar-refractivity contribution in [1.82, 2.24) is 5.48 Å². The molecule has 92 valence electrons. The molecule has 0 aromatic heterocycles. The normalized spacial score (nSPS) is 16.1. The molecule has 0 spiro atoms. The standard InChI is InChI=1S/C13H17NO3/c1-9-5-4-8-11(12(9)15)13(16)14-17-10-6-2-3-7-10/h4-5,8,10,15H,2-3,6-7H2,1H3,(H,14,16). The van der Waals surface area contributed by atoms with Crippen molar-refractivity contribution in [3.8, 4) is 5.75 Å². The van der Waals surface area contributed by atoms with E-state index >= 15 is 0 Å². The molecule has 0 bridgehead atoms. The molecule has 2 rings (SSSR count). The molecule has 0 unspecified atom stereocenters. The number of carbonyl (C=O) groups is 1. The minimum absolute atomic E-state index is 0.0139. The van der Waals surface area contributed by atoms with E-state index in [-0.39, 0.29) is 17.4 Å². The number of carbonyl (C=O) groups excluding carboxylic acids is 1. The predicted molar refractivity (Wildman–Crippen MR) is 63.7 cm³/mol. The summed E-state index contributed by atoms with van der Waals surface area (Å²) >= 11 is 0. The third kappa shape index (κ3) is 2.77. The van der Waals surface area contributed by atoms with Crippen molar-refractivity contribution in [3.63, 3.8) is 0 Å². The van der Waals surface area contributed by atoms with Crippen molar-refractivity contribution in [3.05, 3.63) is 29.3 Å². The molecular formula is C13H17NO3. The number of amides is 1. The lowest BCUT2D eigenvalue weighted by Gasteiger charge is -2.12. The molecule has 1 aliphatic rings. The third-order valence-corrected chi connectivity index (χ3v) is 3.10. The largest absolute Gasteiger partial charge is 0.507 e. The minimum atomic E-state index is -0.391. The van der Waals surface area contributed by atoms with Crippen LogP contribution in [0, 0.1) is 6.92 Å². The SMILES string of the molecule is Cc1cccc(C(=O)NOC2CCCC2)c1O. The lowest BCUT2D eigenvalue weighted by atomic mass is 10.1. The van der Waals surface area contributed by atoms with E-state index in [1.165, 1.54) is 0 Å². The molecule has 0 radical (unpaired) electrons. The topological polar surface area (TPSA) is 58.6 Å². The van der Waals surface area contributed by atoms with E-state index in [0.29, 0.717) is 5.56 Å². The maximum Gasteiger partial charge on any atom is 0.278 e. The van der Waals surface area contributed by atoms with E-state index in [4.69, 9.17) is 4.84 Å². The highest BCUT2D eigenvalue weighted by Gasteiger charge is 2.18. The van der Waals surface area contributed by atoms with Crippen LogP contribution >= 0.6 is 0 Å². The number of benzene rings is 1. The Bertz CT molecular complexity index is 411. The number of rotatable bonds is 3. The first-order valence-corrected chi connectivity index (χ1v) is 5.93. The Hall–Kier alpha value is -1.55. The first-order valence-electron chi connectivity index (χ1n) is 5.93. The third-order valence-electron chi connectivity index (χ3n) is 3.10. The molecule has 1 aliphatic carbocycles. The van der Waals surface area contributed by atoms with Gasteiger partial charge in [-0.15, -0.1) is 0 Å². The molecule has 0 heterocycles. The molecule has 0 aliphatic heterocycles. The second-order valence-electron chi connectivity index (χ2n) is 4.43. The van der Waals surface area contributed by atoms with Crippen molar-refractivity contribution < 1.29 is 14.7 Å². The Balaban J connectivity index is 1.97.